The van der Waals surface area contributed by atoms with Gasteiger partial charge in [0.15, 0.2) is 5.82 Å². The minimum absolute atomic E-state index is 0.198. The van der Waals surface area contributed by atoms with Crippen molar-refractivity contribution in [2.75, 3.05) is 10.6 Å². The summed E-state index contributed by atoms with van der Waals surface area (Å²) < 4.78 is 4.91. The lowest BCUT2D eigenvalue weighted by Gasteiger charge is -2.08. The molecule has 8 nitrogen and oxygen atoms in total. The predicted molar refractivity (Wildman–Crippen MR) is 90.4 cm³/mol. The normalized spacial score (nSPS) is 10.1. The van der Waals surface area contributed by atoms with Crippen LogP contribution in [-0.2, 0) is 0 Å². The minimum atomic E-state index is -0.415. The molecule has 0 aliphatic rings. The van der Waals surface area contributed by atoms with Crippen LogP contribution in [0.3, 0.4) is 0 Å². The molecule has 8 heteroatoms. The first-order chi connectivity index (χ1) is 12.0. The third-order valence-electron chi connectivity index (χ3n) is 3.23. The fourth-order valence-corrected chi connectivity index (χ4v) is 2.10. The van der Waals surface area contributed by atoms with Gasteiger partial charge in [0.2, 0.25) is 5.95 Å². The molecular weight excluding hydrogens is 320 g/mol. The number of nitrogens with zero attached hydrogens (tertiary/aromatic N) is 4. The Kier molecular flexibility index (Phi) is 4.39. The van der Waals surface area contributed by atoms with E-state index in [1.54, 1.807) is 50.2 Å². The summed E-state index contributed by atoms with van der Waals surface area (Å²) in [6, 6.07) is 12.1. The number of rotatable bonds is 4. The second-order valence-electron chi connectivity index (χ2n) is 5.31. The number of nitriles is 1. The van der Waals surface area contributed by atoms with Crippen LogP contribution in [0.15, 0.2) is 40.9 Å². The van der Waals surface area contributed by atoms with Crippen molar-refractivity contribution in [1.82, 2.24) is 15.1 Å². The second kappa shape index (κ2) is 6.80. The molecule has 2 heterocycles. The van der Waals surface area contributed by atoms with Gasteiger partial charge in [-0.25, -0.2) is 9.97 Å². The lowest BCUT2D eigenvalue weighted by molar-refractivity contribution is 0.102. The molecule has 2 aromatic heterocycles. The molecule has 0 unspecified atom stereocenters. The average Bonchev–Trinajstić information content (AvgIpc) is 3.00. The summed E-state index contributed by atoms with van der Waals surface area (Å²) in [5.74, 6) is 0.783. The summed E-state index contributed by atoms with van der Waals surface area (Å²) in [6.45, 7) is 3.50. The summed E-state index contributed by atoms with van der Waals surface area (Å²) in [4.78, 5) is 20.8. The van der Waals surface area contributed by atoms with Crippen LogP contribution in [-0.4, -0.2) is 21.0 Å². The number of anilines is 3. The van der Waals surface area contributed by atoms with E-state index < -0.39 is 5.91 Å². The molecule has 25 heavy (non-hydrogen) atoms. The van der Waals surface area contributed by atoms with E-state index in [1.165, 1.54) is 0 Å². The molecule has 0 fully saturated rings. The van der Waals surface area contributed by atoms with Gasteiger partial charge in [0.05, 0.1) is 11.6 Å². The number of nitrogens with one attached hydrogen (secondary N) is 2. The van der Waals surface area contributed by atoms with Gasteiger partial charge in [0.25, 0.3) is 5.91 Å². The Morgan fingerprint density at radius 2 is 1.92 bits per heavy atom. The van der Waals surface area contributed by atoms with Gasteiger partial charge in [-0.05, 0) is 44.2 Å². The monoisotopic (exact) mass is 334 g/mol. The topological polar surface area (TPSA) is 117 Å². The molecule has 0 spiro atoms. The Bertz CT molecular complexity index is 956. The van der Waals surface area contributed by atoms with Gasteiger partial charge in [-0.1, -0.05) is 5.16 Å². The predicted octanol–water partition coefficient (Wildman–Crippen LogP) is 2.95. The molecule has 1 aromatic carbocycles. The summed E-state index contributed by atoms with van der Waals surface area (Å²) in [5.41, 5.74) is 2.10. The van der Waals surface area contributed by atoms with Gasteiger partial charge in [0, 0.05) is 17.4 Å². The average molecular weight is 334 g/mol. The molecule has 0 saturated heterocycles. The maximum atomic E-state index is 12.3. The van der Waals surface area contributed by atoms with Gasteiger partial charge in [-0.2, -0.15) is 5.26 Å². The van der Waals surface area contributed by atoms with Gasteiger partial charge in [-0.3, -0.25) is 4.79 Å². The molecule has 0 radical (unpaired) electrons. The van der Waals surface area contributed by atoms with E-state index in [4.69, 9.17) is 9.78 Å². The molecule has 3 rings (SSSR count). The van der Waals surface area contributed by atoms with Gasteiger partial charge in [-0.15, -0.1) is 0 Å². The van der Waals surface area contributed by atoms with E-state index >= 15 is 0 Å². The Morgan fingerprint density at radius 3 is 2.56 bits per heavy atom. The zero-order valence-electron chi connectivity index (χ0n) is 13.6. The van der Waals surface area contributed by atoms with Crippen molar-refractivity contribution < 1.29 is 9.32 Å². The van der Waals surface area contributed by atoms with E-state index in [0.29, 0.717) is 28.5 Å². The number of aromatic nitrogens is 3. The maximum absolute atomic E-state index is 12.3. The van der Waals surface area contributed by atoms with Gasteiger partial charge >= 0.3 is 0 Å². The largest absolute Gasteiger partial charge is 0.360 e. The molecule has 0 saturated carbocycles. The summed E-state index contributed by atoms with van der Waals surface area (Å²) >= 11 is 0. The Morgan fingerprint density at radius 1 is 1.16 bits per heavy atom. The highest BCUT2D eigenvalue weighted by Crippen LogP contribution is 2.15. The third-order valence-corrected chi connectivity index (χ3v) is 3.23. The highest BCUT2D eigenvalue weighted by atomic mass is 16.5. The Hall–Kier alpha value is -3.73. The first-order valence-corrected chi connectivity index (χ1v) is 7.41. The first kappa shape index (κ1) is 16.1. The van der Waals surface area contributed by atoms with Crippen molar-refractivity contribution in [3.63, 3.8) is 0 Å². The van der Waals surface area contributed by atoms with Crippen molar-refractivity contribution in [1.29, 1.82) is 5.26 Å². The minimum Gasteiger partial charge on any atom is -0.360 e. The van der Waals surface area contributed by atoms with Crippen molar-refractivity contribution >= 4 is 23.4 Å². The van der Waals surface area contributed by atoms with E-state index in [1.807, 2.05) is 0 Å². The van der Waals surface area contributed by atoms with Crippen LogP contribution in [0.25, 0.3) is 0 Å². The summed E-state index contributed by atoms with van der Waals surface area (Å²) in [7, 11) is 0. The van der Waals surface area contributed by atoms with E-state index in [0.717, 1.165) is 0 Å². The maximum Gasteiger partial charge on any atom is 0.275 e. The van der Waals surface area contributed by atoms with Crippen molar-refractivity contribution in [2.45, 2.75) is 13.8 Å². The molecule has 0 aliphatic carbocycles. The SMILES string of the molecule is Cc1cc(C(=O)Nc2cc(C)on2)nc(Nc2ccc(C#N)cc2)n1. The second-order valence-corrected chi connectivity index (χ2v) is 5.31. The number of aryl methyl sites for hydroxylation is 2. The molecular formula is C17H14N6O2. The highest BCUT2D eigenvalue weighted by molar-refractivity contribution is 6.02. The van der Waals surface area contributed by atoms with Crippen LogP contribution in [0.1, 0.15) is 27.5 Å². The molecule has 0 atom stereocenters. The number of benzene rings is 1. The van der Waals surface area contributed by atoms with Gasteiger partial charge < -0.3 is 15.2 Å². The molecule has 0 aliphatic heterocycles. The molecule has 3 aromatic rings. The van der Waals surface area contributed by atoms with E-state index in [9.17, 15) is 4.79 Å². The number of hydrogen-bond acceptors (Lipinski definition) is 7. The van der Waals surface area contributed by atoms with Crippen LogP contribution in [0, 0.1) is 25.2 Å². The van der Waals surface area contributed by atoms with Crippen molar-refractivity contribution in [2.24, 2.45) is 0 Å². The van der Waals surface area contributed by atoms with E-state index in [2.05, 4.69) is 31.8 Å². The molecule has 2 N–H and O–H groups in total. The lowest BCUT2D eigenvalue weighted by atomic mass is 10.2. The first-order valence-electron chi connectivity index (χ1n) is 7.41. The quantitative estimate of drug-likeness (QED) is 0.753. The van der Waals surface area contributed by atoms with Crippen LogP contribution in [0.5, 0.6) is 0 Å². The number of amides is 1. The standard InChI is InChI=1S/C17H14N6O2/c1-10-7-14(16(24)22-15-8-11(2)25-23-15)21-17(19-10)20-13-5-3-12(9-18)4-6-13/h3-8H,1-2H3,(H,19,20,21)(H,22,23,24). The lowest BCUT2D eigenvalue weighted by Crippen LogP contribution is -2.15. The van der Waals surface area contributed by atoms with E-state index in [-0.39, 0.29) is 11.6 Å². The zero-order valence-corrected chi connectivity index (χ0v) is 13.6. The zero-order chi connectivity index (χ0) is 17.8. The Labute approximate surface area is 143 Å². The molecule has 124 valence electrons. The van der Waals surface area contributed by atoms with Crippen LogP contribution in [0.4, 0.5) is 17.5 Å². The van der Waals surface area contributed by atoms with Crippen LogP contribution >= 0.6 is 0 Å². The molecule has 0 bridgehead atoms. The van der Waals surface area contributed by atoms with Crippen molar-refractivity contribution in [3.8, 4) is 6.07 Å². The fraction of sp³-hybridized carbons (Fsp3) is 0.118. The highest BCUT2D eigenvalue weighted by Gasteiger charge is 2.13. The number of carbonyl (C=O) groups is 1. The summed E-state index contributed by atoms with van der Waals surface area (Å²) in [5, 5.41) is 18.2. The van der Waals surface area contributed by atoms with Crippen molar-refractivity contribution in [3.05, 3.63) is 59.1 Å². The number of hydrogen-bond donors (Lipinski definition) is 2. The van der Waals surface area contributed by atoms with Gasteiger partial charge in [0.1, 0.15) is 11.5 Å². The number of carbonyl (C=O) groups excluding carboxylic acids is 1. The summed E-state index contributed by atoms with van der Waals surface area (Å²) in [6.07, 6.45) is 0. The molecule has 1 amide bonds. The Balaban J connectivity index is 1.79. The smallest absolute Gasteiger partial charge is 0.275 e. The van der Waals surface area contributed by atoms with Crippen LogP contribution in [0.2, 0.25) is 0 Å². The third kappa shape index (κ3) is 3.97. The fourth-order valence-electron chi connectivity index (χ4n) is 2.10. The van der Waals surface area contributed by atoms with Crippen LogP contribution < -0.4 is 10.6 Å².